The number of anilines is 2. The van der Waals surface area contributed by atoms with Gasteiger partial charge in [0.2, 0.25) is 5.88 Å². The Labute approximate surface area is 209 Å². The SMILES string of the molecule is O=C(COc1ccc(N2CCN(c3ccccn3)CC2)nn1)N[C@@H](Cn1ccnc1)c1ccccc1. The summed E-state index contributed by atoms with van der Waals surface area (Å²) in [4.78, 5) is 25.6. The zero-order chi connectivity index (χ0) is 24.6. The Bertz CT molecular complexity index is 1210. The molecule has 1 N–H and O–H groups in total. The van der Waals surface area contributed by atoms with Crippen molar-refractivity contribution in [3.63, 3.8) is 0 Å². The van der Waals surface area contributed by atoms with Crippen molar-refractivity contribution in [2.45, 2.75) is 12.6 Å². The van der Waals surface area contributed by atoms with Crippen LogP contribution in [0.5, 0.6) is 5.88 Å². The summed E-state index contributed by atoms with van der Waals surface area (Å²) in [5.41, 5.74) is 1.01. The molecule has 4 aromatic rings. The maximum Gasteiger partial charge on any atom is 0.258 e. The number of carbonyl (C=O) groups is 1. The van der Waals surface area contributed by atoms with E-state index in [4.69, 9.17) is 4.74 Å². The van der Waals surface area contributed by atoms with E-state index in [0.717, 1.165) is 43.4 Å². The quantitative estimate of drug-likeness (QED) is 0.386. The summed E-state index contributed by atoms with van der Waals surface area (Å²) in [6.07, 6.45) is 7.13. The van der Waals surface area contributed by atoms with Gasteiger partial charge >= 0.3 is 0 Å². The molecule has 10 nitrogen and oxygen atoms in total. The normalized spacial score (nSPS) is 14.3. The zero-order valence-electron chi connectivity index (χ0n) is 19.8. The summed E-state index contributed by atoms with van der Waals surface area (Å²) in [6.45, 7) is 3.79. The molecular weight excluding hydrogens is 456 g/mol. The van der Waals surface area contributed by atoms with Crippen LogP contribution in [-0.4, -0.2) is 63.4 Å². The van der Waals surface area contributed by atoms with Crippen molar-refractivity contribution in [3.8, 4) is 5.88 Å². The van der Waals surface area contributed by atoms with Crippen molar-refractivity contribution in [1.82, 2.24) is 30.0 Å². The van der Waals surface area contributed by atoms with E-state index in [0.29, 0.717) is 12.4 Å². The molecule has 3 aromatic heterocycles. The molecule has 0 spiro atoms. The van der Waals surface area contributed by atoms with E-state index in [1.165, 1.54) is 0 Å². The predicted octanol–water partition coefficient (Wildman–Crippen LogP) is 2.33. The van der Waals surface area contributed by atoms with Gasteiger partial charge in [0.25, 0.3) is 5.91 Å². The Morgan fingerprint density at radius 2 is 1.67 bits per heavy atom. The molecule has 1 aliphatic heterocycles. The molecule has 1 aliphatic rings. The lowest BCUT2D eigenvalue weighted by Crippen LogP contribution is -2.47. The van der Waals surface area contributed by atoms with E-state index in [-0.39, 0.29) is 18.6 Å². The zero-order valence-corrected chi connectivity index (χ0v) is 19.8. The minimum absolute atomic E-state index is 0.149. The second-order valence-corrected chi connectivity index (χ2v) is 8.47. The van der Waals surface area contributed by atoms with Crippen molar-refractivity contribution in [2.75, 3.05) is 42.6 Å². The Morgan fingerprint density at radius 3 is 2.33 bits per heavy atom. The molecule has 0 aliphatic carbocycles. The van der Waals surface area contributed by atoms with Gasteiger partial charge in [0, 0.05) is 57.4 Å². The summed E-state index contributed by atoms with van der Waals surface area (Å²) in [5.74, 6) is 1.86. The number of amides is 1. The number of hydrogen-bond acceptors (Lipinski definition) is 8. The number of imidazole rings is 1. The van der Waals surface area contributed by atoms with Gasteiger partial charge in [0.1, 0.15) is 5.82 Å². The topological polar surface area (TPSA) is 101 Å². The first-order valence-corrected chi connectivity index (χ1v) is 11.9. The van der Waals surface area contributed by atoms with E-state index < -0.39 is 0 Å². The van der Waals surface area contributed by atoms with E-state index in [1.54, 1.807) is 18.6 Å². The fourth-order valence-electron chi connectivity index (χ4n) is 4.16. The number of aromatic nitrogens is 5. The lowest BCUT2D eigenvalue weighted by atomic mass is 10.1. The third kappa shape index (κ3) is 5.96. The first-order chi connectivity index (χ1) is 17.7. The molecule has 1 fully saturated rings. The van der Waals surface area contributed by atoms with Gasteiger partial charge in [-0.05, 0) is 23.8 Å². The number of pyridine rings is 1. The van der Waals surface area contributed by atoms with E-state index in [2.05, 4.69) is 35.3 Å². The van der Waals surface area contributed by atoms with Crippen molar-refractivity contribution >= 4 is 17.5 Å². The highest BCUT2D eigenvalue weighted by atomic mass is 16.5. The third-order valence-corrected chi connectivity index (χ3v) is 6.04. The molecular formula is C26H28N8O2. The van der Waals surface area contributed by atoms with Crippen LogP contribution in [0.1, 0.15) is 11.6 Å². The number of hydrogen-bond donors (Lipinski definition) is 1. The van der Waals surface area contributed by atoms with E-state index in [1.807, 2.05) is 71.6 Å². The molecule has 1 aromatic carbocycles. The molecule has 1 amide bonds. The van der Waals surface area contributed by atoms with E-state index >= 15 is 0 Å². The minimum Gasteiger partial charge on any atom is -0.466 e. The minimum atomic E-state index is -0.236. The summed E-state index contributed by atoms with van der Waals surface area (Å²) in [7, 11) is 0. The molecule has 1 atom stereocenters. The van der Waals surface area contributed by atoms with Gasteiger partial charge in [-0.25, -0.2) is 9.97 Å². The second kappa shape index (κ2) is 11.3. The summed E-state index contributed by atoms with van der Waals surface area (Å²) in [6, 6.07) is 19.2. The first kappa shape index (κ1) is 23.3. The number of nitrogens with zero attached hydrogens (tertiary/aromatic N) is 7. The van der Waals surface area contributed by atoms with Gasteiger partial charge in [-0.3, -0.25) is 4.79 Å². The molecule has 0 saturated carbocycles. The molecule has 10 heteroatoms. The average Bonchev–Trinajstić information content (AvgIpc) is 3.46. The van der Waals surface area contributed by atoms with Gasteiger partial charge in [0.15, 0.2) is 12.4 Å². The lowest BCUT2D eigenvalue weighted by Gasteiger charge is -2.35. The summed E-state index contributed by atoms with van der Waals surface area (Å²) < 4.78 is 7.55. The van der Waals surface area contributed by atoms with Gasteiger partial charge in [-0.15, -0.1) is 10.2 Å². The van der Waals surface area contributed by atoms with E-state index in [9.17, 15) is 4.79 Å². The fourth-order valence-corrected chi connectivity index (χ4v) is 4.16. The maximum absolute atomic E-state index is 12.7. The Hall–Kier alpha value is -4.47. The predicted molar refractivity (Wildman–Crippen MR) is 136 cm³/mol. The van der Waals surface area contributed by atoms with Crippen LogP contribution >= 0.6 is 0 Å². The molecule has 5 rings (SSSR count). The van der Waals surface area contributed by atoms with Crippen LogP contribution in [-0.2, 0) is 11.3 Å². The lowest BCUT2D eigenvalue weighted by molar-refractivity contribution is -0.124. The molecule has 1 saturated heterocycles. The summed E-state index contributed by atoms with van der Waals surface area (Å²) >= 11 is 0. The summed E-state index contributed by atoms with van der Waals surface area (Å²) in [5, 5.41) is 11.5. The third-order valence-electron chi connectivity index (χ3n) is 6.04. The number of carbonyl (C=O) groups excluding carboxylic acids is 1. The highest BCUT2D eigenvalue weighted by Crippen LogP contribution is 2.19. The van der Waals surface area contributed by atoms with Crippen molar-refractivity contribution in [3.05, 3.63) is 91.1 Å². The van der Waals surface area contributed by atoms with Crippen molar-refractivity contribution < 1.29 is 9.53 Å². The van der Waals surface area contributed by atoms with Crippen molar-refractivity contribution in [1.29, 1.82) is 0 Å². The standard InChI is InChI=1S/C26H28N8O2/c35-25(29-22(18-32-13-12-27-20-32)21-6-2-1-3-7-21)19-36-26-10-9-24(30-31-26)34-16-14-33(15-17-34)23-8-4-5-11-28-23/h1-13,20,22H,14-19H2,(H,29,35)/t22-/m0/s1. The largest absolute Gasteiger partial charge is 0.466 e. The van der Waals surface area contributed by atoms with Crippen LogP contribution in [0.15, 0.2) is 85.6 Å². The maximum atomic E-state index is 12.7. The Kier molecular flexibility index (Phi) is 7.31. The Morgan fingerprint density at radius 1 is 0.889 bits per heavy atom. The second-order valence-electron chi connectivity index (χ2n) is 8.47. The number of ether oxygens (including phenoxy) is 1. The van der Waals surface area contributed by atoms with Crippen LogP contribution in [0, 0.1) is 0 Å². The number of rotatable bonds is 9. The molecule has 36 heavy (non-hydrogen) atoms. The first-order valence-electron chi connectivity index (χ1n) is 11.9. The highest BCUT2D eigenvalue weighted by Gasteiger charge is 2.20. The van der Waals surface area contributed by atoms with Gasteiger partial charge in [-0.1, -0.05) is 36.4 Å². The number of nitrogens with one attached hydrogen (secondary N) is 1. The van der Waals surface area contributed by atoms with Crippen LogP contribution in [0.4, 0.5) is 11.6 Å². The molecule has 4 heterocycles. The van der Waals surface area contributed by atoms with Crippen LogP contribution in [0.25, 0.3) is 0 Å². The molecule has 0 unspecified atom stereocenters. The highest BCUT2D eigenvalue weighted by molar-refractivity contribution is 5.78. The molecule has 0 radical (unpaired) electrons. The van der Waals surface area contributed by atoms with Gasteiger partial charge in [0.05, 0.1) is 12.4 Å². The smallest absolute Gasteiger partial charge is 0.258 e. The average molecular weight is 485 g/mol. The monoisotopic (exact) mass is 484 g/mol. The van der Waals surface area contributed by atoms with Crippen LogP contribution in [0.3, 0.4) is 0 Å². The van der Waals surface area contributed by atoms with Gasteiger partial charge in [-0.2, -0.15) is 0 Å². The van der Waals surface area contributed by atoms with Crippen molar-refractivity contribution in [2.24, 2.45) is 0 Å². The number of piperazine rings is 1. The molecule has 0 bridgehead atoms. The van der Waals surface area contributed by atoms with Crippen LogP contribution < -0.4 is 19.9 Å². The van der Waals surface area contributed by atoms with Crippen LogP contribution in [0.2, 0.25) is 0 Å². The number of benzene rings is 1. The van der Waals surface area contributed by atoms with Gasteiger partial charge < -0.3 is 24.4 Å². The Balaban J connectivity index is 1.12. The molecule has 184 valence electrons. The fraction of sp³-hybridized carbons (Fsp3) is 0.269.